The van der Waals surface area contributed by atoms with Crippen molar-refractivity contribution >= 4 is 15.9 Å². The molecular weight excluding hydrogens is 318 g/mol. The van der Waals surface area contributed by atoms with Crippen LogP contribution in [-0.4, -0.2) is 5.11 Å². The van der Waals surface area contributed by atoms with Crippen molar-refractivity contribution in [3.63, 3.8) is 0 Å². The first-order chi connectivity index (χ1) is 9.51. The van der Waals surface area contributed by atoms with Crippen molar-refractivity contribution in [3.8, 4) is 17.6 Å². The Morgan fingerprint density at radius 1 is 1.20 bits per heavy atom. The Morgan fingerprint density at radius 2 is 1.95 bits per heavy atom. The van der Waals surface area contributed by atoms with Crippen molar-refractivity contribution in [2.24, 2.45) is 0 Å². The van der Waals surface area contributed by atoms with E-state index in [1.807, 2.05) is 25.1 Å². The molecule has 0 spiro atoms. The summed E-state index contributed by atoms with van der Waals surface area (Å²) in [6.45, 7) is 3.60. The zero-order chi connectivity index (χ0) is 14.7. The number of ether oxygens (including phenoxy) is 1. The lowest BCUT2D eigenvalue weighted by atomic mass is 10.1. The van der Waals surface area contributed by atoms with E-state index in [4.69, 9.17) is 10.00 Å². The van der Waals surface area contributed by atoms with Gasteiger partial charge in [-0.1, -0.05) is 22.0 Å². The predicted molar refractivity (Wildman–Crippen MR) is 80.7 cm³/mol. The maximum absolute atomic E-state index is 9.82. The Balaban J connectivity index is 2.42. The number of hydrogen-bond acceptors (Lipinski definition) is 3. The molecular formula is C16H14BrNO2. The summed E-state index contributed by atoms with van der Waals surface area (Å²) >= 11 is 3.38. The third kappa shape index (κ3) is 3.19. The number of aliphatic hydroxyl groups excluding tert-OH is 1. The van der Waals surface area contributed by atoms with Crippen molar-refractivity contribution in [3.05, 3.63) is 57.6 Å². The maximum Gasteiger partial charge on any atom is 0.133 e. The third-order valence-electron chi connectivity index (χ3n) is 2.96. The number of aryl methyl sites for hydroxylation is 1. The maximum atomic E-state index is 9.82. The molecule has 0 bridgehead atoms. The number of benzene rings is 2. The molecule has 0 fully saturated rings. The predicted octanol–water partition coefficient (Wildman–Crippen LogP) is 4.47. The van der Waals surface area contributed by atoms with Crippen LogP contribution in [0.2, 0.25) is 0 Å². The fraction of sp³-hybridized carbons (Fsp3) is 0.188. The van der Waals surface area contributed by atoms with Gasteiger partial charge in [0.2, 0.25) is 0 Å². The van der Waals surface area contributed by atoms with Crippen LogP contribution < -0.4 is 4.74 Å². The van der Waals surface area contributed by atoms with E-state index in [0.29, 0.717) is 22.6 Å². The van der Waals surface area contributed by atoms with E-state index >= 15 is 0 Å². The monoisotopic (exact) mass is 331 g/mol. The molecule has 3 nitrogen and oxygen atoms in total. The molecule has 1 atom stereocenters. The quantitative estimate of drug-likeness (QED) is 0.902. The summed E-state index contributed by atoms with van der Waals surface area (Å²) in [5, 5.41) is 18.8. The Kier molecular flexibility index (Phi) is 4.43. The zero-order valence-corrected chi connectivity index (χ0v) is 12.8. The summed E-state index contributed by atoms with van der Waals surface area (Å²) in [6, 6.07) is 12.9. The second-order valence-electron chi connectivity index (χ2n) is 4.55. The summed E-state index contributed by atoms with van der Waals surface area (Å²) in [7, 11) is 0. The molecule has 0 saturated heterocycles. The van der Waals surface area contributed by atoms with Crippen molar-refractivity contribution < 1.29 is 9.84 Å². The highest BCUT2D eigenvalue weighted by Crippen LogP contribution is 2.33. The lowest BCUT2D eigenvalue weighted by Crippen LogP contribution is -1.97. The van der Waals surface area contributed by atoms with Crippen LogP contribution in [0.4, 0.5) is 0 Å². The van der Waals surface area contributed by atoms with Gasteiger partial charge in [0.15, 0.2) is 0 Å². The highest BCUT2D eigenvalue weighted by atomic mass is 79.9. The number of halogens is 1. The van der Waals surface area contributed by atoms with Crippen LogP contribution in [0.25, 0.3) is 0 Å². The lowest BCUT2D eigenvalue weighted by molar-refractivity contribution is 0.195. The Bertz CT molecular complexity index is 675. The first-order valence-electron chi connectivity index (χ1n) is 6.17. The second-order valence-corrected chi connectivity index (χ2v) is 5.47. The lowest BCUT2D eigenvalue weighted by Gasteiger charge is -2.15. The number of nitrogens with zero attached hydrogens (tertiary/aromatic N) is 1. The number of hydrogen-bond donors (Lipinski definition) is 1. The normalized spacial score (nSPS) is 11.8. The molecule has 2 aromatic rings. The van der Waals surface area contributed by atoms with Crippen molar-refractivity contribution in [1.29, 1.82) is 5.26 Å². The van der Waals surface area contributed by atoms with Crippen molar-refractivity contribution in [2.45, 2.75) is 20.0 Å². The Hall–Kier alpha value is -1.83. The highest BCUT2D eigenvalue weighted by molar-refractivity contribution is 9.10. The third-order valence-corrected chi connectivity index (χ3v) is 3.45. The molecule has 0 heterocycles. The van der Waals surface area contributed by atoms with E-state index in [9.17, 15) is 5.11 Å². The fourth-order valence-electron chi connectivity index (χ4n) is 1.84. The van der Waals surface area contributed by atoms with E-state index in [-0.39, 0.29) is 0 Å². The Morgan fingerprint density at radius 3 is 2.60 bits per heavy atom. The van der Waals surface area contributed by atoms with Gasteiger partial charge < -0.3 is 9.84 Å². The fourth-order valence-corrected chi connectivity index (χ4v) is 2.22. The molecule has 0 aliphatic rings. The summed E-state index contributed by atoms with van der Waals surface area (Å²) in [4.78, 5) is 0. The van der Waals surface area contributed by atoms with Gasteiger partial charge in [0.1, 0.15) is 11.5 Å². The van der Waals surface area contributed by atoms with Gasteiger partial charge in [-0.3, -0.25) is 0 Å². The van der Waals surface area contributed by atoms with Gasteiger partial charge in [0.25, 0.3) is 0 Å². The van der Waals surface area contributed by atoms with E-state index in [1.54, 1.807) is 25.1 Å². The average molecular weight is 332 g/mol. The molecule has 2 aromatic carbocycles. The van der Waals surface area contributed by atoms with Gasteiger partial charge in [0, 0.05) is 10.0 Å². The van der Waals surface area contributed by atoms with E-state index in [2.05, 4.69) is 22.0 Å². The summed E-state index contributed by atoms with van der Waals surface area (Å²) in [5.41, 5.74) is 2.17. The number of aliphatic hydroxyl groups is 1. The molecule has 4 heteroatoms. The molecule has 0 aromatic heterocycles. The topological polar surface area (TPSA) is 53.2 Å². The molecule has 1 unspecified atom stereocenters. The van der Waals surface area contributed by atoms with Crippen LogP contribution in [0.1, 0.15) is 29.7 Å². The molecule has 0 amide bonds. The largest absolute Gasteiger partial charge is 0.457 e. The molecule has 0 saturated carbocycles. The summed E-state index contributed by atoms with van der Waals surface area (Å²) in [5.74, 6) is 1.20. The first kappa shape index (κ1) is 14.6. The molecule has 1 N–H and O–H groups in total. The van der Waals surface area contributed by atoms with Gasteiger partial charge in [-0.2, -0.15) is 5.26 Å². The molecule has 2 rings (SSSR count). The van der Waals surface area contributed by atoms with E-state index < -0.39 is 6.10 Å². The zero-order valence-electron chi connectivity index (χ0n) is 11.2. The van der Waals surface area contributed by atoms with Crippen LogP contribution in [0.15, 0.2) is 40.9 Å². The van der Waals surface area contributed by atoms with Gasteiger partial charge in [-0.05, 0) is 49.7 Å². The van der Waals surface area contributed by atoms with Gasteiger partial charge in [-0.25, -0.2) is 0 Å². The smallest absolute Gasteiger partial charge is 0.133 e. The summed E-state index contributed by atoms with van der Waals surface area (Å²) < 4.78 is 6.75. The van der Waals surface area contributed by atoms with Gasteiger partial charge >= 0.3 is 0 Å². The highest BCUT2D eigenvalue weighted by Gasteiger charge is 2.12. The first-order valence-corrected chi connectivity index (χ1v) is 6.96. The van der Waals surface area contributed by atoms with Crippen molar-refractivity contribution in [1.82, 2.24) is 0 Å². The van der Waals surface area contributed by atoms with E-state index in [1.165, 1.54) is 0 Å². The van der Waals surface area contributed by atoms with Gasteiger partial charge in [-0.15, -0.1) is 0 Å². The molecule has 0 aliphatic carbocycles. The minimum absolute atomic E-state index is 0.543. The van der Waals surface area contributed by atoms with Crippen LogP contribution in [0, 0.1) is 18.3 Å². The van der Waals surface area contributed by atoms with Gasteiger partial charge in [0.05, 0.1) is 17.7 Å². The van der Waals surface area contributed by atoms with E-state index in [0.717, 1.165) is 10.0 Å². The minimum Gasteiger partial charge on any atom is -0.457 e. The van der Waals surface area contributed by atoms with Crippen molar-refractivity contribution in [2.75, 3.05) is 0 Å². The Labute approximate surface area is 126 Å². The molecule has 0 aliphatic heterocycles. The standard InChI is InChI=1S/C16H14BrNO2/c1-10-3-4-12(9-18)7-16(10)20-15-6-5-13(17)8-14(15)11(2)19/h3-8,11,19H,1-2H3. The second kappa shape index (κ2) is 6.08. The molecule has 0 radical (unpaired) electrons. The summed E-state index contributed by atoms with van der Waals surface area (Å²) in [6.07, 6.45) is -0.637. The van der Waals surface area contributed by atoms with Crippen LogP contribution in [-0.2, 0) is 0 Å². The molecule has 102 valence electrons. The minimum atomic E-state index is -0.637. The van der Waals surface area contributed by atoms with Crippen LogP contribution >= 0.6 is 15.9 Å². The molecule has 20 heavy (non-hydrogen) atoms. The SMILES string of the molecule is Cc1ccc(C#N)cc1Oc1ccc(Br)cc1C(C)O. The average Bonchev–Trinajstić information content (AvgIpc) is 2.42. The van der Waals surface area contributed by atoms with Crippen LogP contribution in [0.3, 0.4) is 0 Å². The van der Waals surface area contributed by atoms with Crippen LogP contribution in [0.5, 0.6) is 11.5 Å². The number of nitriles is 1. The number of rotatable bonds is 3.